The molecule has 3 rings (SSSR count). The highest BCUT2D eigenvalue weighted by molar-refractivity contribution is 5.24. The Balaban J connectivity index is 0.000000264. The summed E-state index contributed by atoms with van der Waals surface area (Å²) in [5.74, 6) is 1.85. The molecule has 2 N–H and O–H groups in total. The molecule has 2 saturated carbocycles. The summed E-state index contributed by atoms with van der Waals surface area (Å²) in [6.07, 6.45) is 2.57. The number of nitrogens with two attached hydrogens (primary N) is 1. The fourth-order valence-corrected chi connectivity index (χ4v) is 3.45. The van der Waals surface area contributed by atoms with Gasteiger partial charge in [0, 0.05) is 18.1 Å². The molecule has 0 amide bonds. The van der Waals surface area contributed by atoms with Gasteiger partial charge in [-0.05, 0) is 31.7 Å². The predicted octanol–water partition coefficient (Wildman–Crippen LogP) is 0.840. The summed E-state index contributed by atoms with van der Waals surface area (Å²) in [6.45, 7) is 7.31. The van der Waals surface area contributed by atoms with Crippen molar-refractivity contribution >= 4 is 0 Å². The highest BCUT2D eigenvalue weighted by Gasteiger charge is 2.67. The summed E-state index contributed by atoms with van der Waals surface area (Å²) in [6, 6.07) is 0.865. The summed E-state index contributed by atoms with van der Waals surface area (Å²) < 4.78 is 0. The van der Waals surface area contributed by atoms with Gasteiger partial charge in [-0.2, -0.15) is 0 Å². The van der Waals surface area contributed by atoms with Crippen LogP contribution in [0.25, 0.3) is 0 Å². The Bertz CT molecular complexity index is 202. The zero-order valence-electron chi connectivity index (χ0n) is 7.79. The minimum Gasteiger partial charge on any atom is -0.325 e. The van der Waals surface area contributed by atoms with Crippen LogP contribution in [0.1, 0.15) is 12.8 Å². The molecule has 2 aliphatic carbocycles. The van der Waals surface area contributed by atoms with Crippen LogP contribution in [-0.4, -0.2) is 30.1 Å². The van der Waals surface area contributed by atoms with Gasteiger partial charge in [0.15, 0.2) is 0 Å². The first kappa shape index (κ1) is 8.27. The SMILES string of the molecule is C=C.CN1CC2CC3(N)CC1C23. The number of nitrogens with zero attached hydrogens (tertiary/aromatic N) is 1. The number of likely N-dealkylation sites (tertiary alicyclic amines) is 1. The van der Waals surface area contributed by atoms with Crippen molar-refractivity contribution in [3.63, 3.8) is 0 Å². The average molecular weight is 166 g/mol. The minimum absolute atomic E-state index is 0.306. The molecule has 1 saturated heterocycles. The third-order valence-corrected chi connectivity index (χ3v) is 3.91. The molecule has 2 heteroatoms. The Hall–Kier alpha value is -0.340. The molecular formula is C10H18N2. The van der Waals surface area contributed by atoms with Gasteiger partial charge in [-0.15, -0.1) is 13.2 Å². The van der Waals surface area contributed by atoms with Crippen molar-refractivity contribution in [1.29, 1.82) is 0 Å². The first-order valence-electron chi connectivity index (χ1n) is 4.70. The van der Waals surface area contributed by atoms with Crippen LogP contribution in [0.3, 0.4) is 0 Å². The van der Waals surface area contributed by atoms with Gasteiger partial charge in [0.2, 0.25) is 0 Å². The molecule has 0 spiro atoms. The Morgan fingerprint density at radius 3 is 2.50 bits per heavy atom. The molecule has 68 valence electrons. The highest BCUT2D eigenvalue weighted by atomic mass is 15.2. The van der Waals surface area contributed by atoms with Crippen molar-refractivity contribution in [2.24, 2.45) is 17.6 Å². The topological polar surface area (TPSA) is 29.3 Å². The molecular weight excluding hydrogens is 148 g/mol. The van der Waals surface area contributed by atoms with Crippen LogP contribution in [0.15, 0.2) is 13.2 Å². The van der Waals surface area contributed by atoms with Crippen LogP contribution in [-0.2, 0) is 0 Å². The van der Waals surface area contributed by atoms with E-state index in [4.69, 9.17) is 5.73 Å². The molecule has 1 aliphatic heterocycles. The fourth-order valence-electron chi connectivity index (χ4n) is 3.45. The normalized spacial score (nSPS) is 54.3. The van der Waals surface area contributed by atoms with E-state index >= 15 is 0 Å². The molecule has 4 atom stereocenters. The number of hydrogen-bond donors (Lipinski definition) is 1. The smallest absolute Gasteiger partial charge is 0.0219 e. The van der Waals surface area contributed by atoms with Crippen LogP contribution in [0.5, 0.6) is 0 Å². The summed E-state index contributed by atoms with van der Waals surface area (Å²) in [5, 5.41) is 0. The third kappa shape index (κ3) is 0.723. The molecule has 1 heterocycles. The van der Waals surface area contributed by atoms with Crippen LogP contribution >= 0.6 is 0 Å². The van der Waals surface area contributed by atoms with E-state index < -0.39 is 0 Å². The van der Waals surface area contributed by atoms with Crippen molar-refractivity contribution in [3.8, 4) is 0 Å². The summed E-state index contributed by atoms with van der Waals surface area (Å²) in [4.78, 5) is 2.49. The Kier molecular flexibility index (Phi) is 1.61. The van der Waals surface area contributed by atoms with Gasteiger partial charge in [-0.1, -0.05) is 0 Å². The second-order valence-corrected chi connectivity index (χ2v) is 4.43. The molecule has 0 radical (unpaired) electrons. The van der Waals surface area contributed by atoms with Crippen LogP contribution in [0, 0.1) is 11.8 Å². The van der Waals surface area contributed by atoms with E-state index in [1.54, 1.807) is 0 Å². The summed E-state index contributed by atoms with van der Waals surface area (Å²) >= 11 is 0. The third-order valence-electron chi connectivity index (χ3n) is 3.91. The monoisotopic (exact) mass is 166 g/mol. The van der Waals surface area contributed by atoms with E-state index in [1.807, 2.05) is 0 Å². The van der Waals surface area contributed by atoms with Gasteiger partial charge < -0.3 is 10.6 Å². The van der Waals surface area contributed by atoms with Gasteiger partial charge in [0.25, 0.3) is 0 Å². The van der Waals surface area contributed by atoms with E-state index in [0.717, 1.165) is 17.9 Å². The predicted molar refractivity (Wildman–Crippen MR) is 50.8 cm³/mol. The van der Waals surface area contributed by atoms with Crippen LogP contribution < -0.4 is 5.73 Å². The van der Waals surface area contributed by atoms with E-state index in [0.29, 0.717) is 5.54 Å². The van der Waals surface area contributed by atoms with Crippen LogP contribution in [0.2, 0.25) is 0 Å². The van der Waals surface area contributed by atoms with Gasteiger partial charge in [-0.25, -0.2) is 0 Å². The molecule has 12 heavy (non-hydrogen) atoms. The first-order chi connectivity index (χ1) is 5.71. The first-order valence-corrected chi connectivity index (χ1v) is 4.70. The minimum atomic E-state index is 0.306. The second-order valence-electron chi connectivity index (χ2n) is 4.43. The average Bonchev–Trinajstić information content (AvgIpc) is 2.14. The number of rotatable bonds is 0. The second kappa shape index (κ2) is 2.33. The molecule has 3 aliphatic rings. The zero-order chi connectivity index (χ0) is 8.93. The maximum Gasteiger partial charge on any atom is 0.0219 e. The highest BCUT2D eigenvalue weighted by Crippen LogP contribution is 2.61. The summed E-state index contributed by atoms with van der Waals surface area (Å²) in [5.41, 5.74) is 6.41. The largest absolute Gasteiger partial charge is 0.325 e. The van der Waals surface area contributed by atoms with E-state index in [2.05, 4.69) is 25.1 Å². The van der Waals surface area contributed by atoms with Gasteiger partial charge >= 0.3 is 0 Å². The molecule has 0 aromatic heterocycles. The molecule has 2 nitrogen and oxygen atoms in total. The maximum absolute atomic E-state index is 6.11. The standard InChI is InChI=1S/C8H14N2.C2H4/c1-10-4-5-2-8(9)3-6(10)7(5)8;1-2/h5-7H,2-4,9H2,1H3;1-2H2. The lowest BCUT2D eigenvalue weighted by atomic mass is 9.48. The Morgan fingerprint density at radius 2 is 2.08 bits per heavy atom. The van der Waals surface area contributed by atoms with Crippen LogP contribution in [0.4, 0.5) is 0 Å². The van der Waals surface area contributed by atoms with E-state index in [1.165, 1.54) is 19.4 Å². The molecule has 0 aromatic carbocycles. The van der Waals surface area contributed by atoms with Crippen molar-refractivity contribution in [1.82, 2.24) is 4.90 Å². The van der Waals surface area contributed by atoms with E-state index in [9.17, 15) is 0 Å². The van der Waals surface area contributed by atoms with Gasteiger partial charge in [0.05, 0.1) is 0 Å². The lowest BCUT2D eigenvalue weighted by Gasteiger charge is -2.61. The fraction of sp³-hybridized carbons (Fsp3) is 0.800. The van der Waals surface area contributed by atoms with Crippen molar-refractivity contribution < 1.29 is 0 Å². The van der Waals surface area contributed by atoms with Crippen molar-refractivity contribution in [2.45, 2.75) is 24.4 Å². The quantitative estimate of drug-likeness (QED) is 0.540. The molecule has 0 bridgehead atoms. The maximum atomic E-state index is 6.11. The molecule has 4 unspecified atom stereocenters. The zero-order valence-corrected chi connectivity index (χ0v) is 7.79. The summed E-state index contributed by atoms with van der Waals surface area (Å²) in [7, 11) is 2.24. The lowest BCUT2D eigenvalue weighted by molar-refractivity contribution is -0.0500. The van der Waals surface area contributed by atoms with Crippen molar-refractivity contribution in [2.75, 3.05) is 13.6 Å². The Labute approximate surface area is 74.4 Å². The van der Waals surface area contributed by atoms with Gasteiger partial charge in [-0.3, -0.25) is 0 Å². The molecule has 0 aromatic rings. The van der Waals surface area contributed by atoms with Crippen molar-refractivity contribution in [3.05, 3.63) is 13.2 Å². The van der Waals surface area contributed by atoms with Gasteiger partial charge in [0.1, 0.15) is 0 Å². The lowest BCUT2D eigenvalue weighted by Crippen LogP contribution is -2.72. The van der Waals surface area contributed by atoms with E-state index in [-0.39, 0.29) is 0 Å². The number of hydrogen-bond acceptors (Lipinski definition) is 2. The molecule has 3 fully saturated rings. The Morgan fingerprint density at radius 1 is 1.42 bits per heavy atom.